The maximum absolute atomic E-state index is 6.30. The van der Waals surface area contributed by atoms with Crippen molar-refractivity contribution < 1.29 is 4.74 Å². The van der Waals surface area contributed by atoms with Gasteiger partial charge in [0.15, 0.2) is 0 Å². The number of halogens is 2. The summed E-state index contributed by atoms with van der Waals surface area (Å²) in [4.78, 5) is 2.37. The number of piperidine rings is 1. The van der Waals surface area contributed by atoms with E-state index in [1.807, 2.05) is 18.2 Å². The molecule has 2 atom stereocenters. The molecule has 2 rings (SSSR count). The third kappa shape index (κ3) is 3.61. The molecule has 0 spiro atoms. The van der Waals surface area contributed by atoms with Crippen molar-refractivity contribution >= 4 is 23.2 Å². The number of likely N-dealkylation sites (tertiary alicyclic amines) is 1. The van der Waals surface area contributed by atoms with Crippen LogP contribution in [0.4, 0.5) is 0 Å². The van der Waals surface area contributed by atoms with Crippen LogP contribution in [0.2, 0.25) is 10.0 Å². The Labute approximate surface area is 124 Å². The van der Waals surface area contributed by atoms with E-state index in [1.54, 1.807) is 7.11 Å². The first kappa shape index (κ1) is 15.1. The smallest absolute Gasteiger partial charge is 0.0595 e. The monoisotopic (exact) mass is 302 g/mol. The summed E-state index contributed by atoms with van der Waals surface area (Å²) in [7, 11) is 1.72. The van der Waals surface area contributed by atoms with Crippen LogP contribution >= 0.6 is 23.2 Å². The van der Waals surface area contributed by atoms with Gasteiger partial charge in [-0.2, -0.15) is 0 Å². The van der Waals surface area contributed by atoms with Gasteiger partial charge in [0.1, 0.15) is 0 Å². The van der Waals surface area contributed by atoms with E-state index >= 15 is 0 Å². The largest absolute Gasteiger partial charge is 0.383 e. The Morgan fingerprint density at radius 3 is 2.84 bits per heavy atom. The lowest BCUT2D eigenvalue weighted by atomic mass is 9.91. The fourth-order valence-electron chi connectivity index (χ4n) is 2.71. The molecule has 1 aromatic carbocycles. The van der Waals surface area contributed by atoms with E-state index in [0.29, 0.717) is 16.7 Å². The molecular weight excluding hydrogens is 283 g/mol. The van der Waals surface area contributed by atoms with Crippen molar-refractivity contribution in [2.24, 2.45) is 5.73 Å². The van der Waals surface area contributed by atoms with E-state index in [2.05, 4.69) is 4.90 Å². The van der Waals surface area contributed by atoms with Crippen LogP contribution in [-0.4, -0.2) is 37.7 Å². The predicted octanol–water partition coefficient (Wildman–Crippen LogP) is 3.10. The maximum Gasteiger partial charge on any atom is 0.0595 e. The van der Waals surface area contributed by atoms with Gasteiger partial charge in [0.05, 0.1) is 22.7 Å². The molecule has 0 amide bonds. The van der Waals surface area contributed by atoms with Gasteiger partial charge < -0.3 is 10.5 Å². The fourth-order valence-corrected chi connectivity index (χ4v) is 3.02. The molecule has 0 radical (unpaired) electrons. The van der Waals surface area contributed by atoms with Crippen molar-refractivity contribution in [1.82, 2.24) is 4.90 Å². The highest BCUT2D eigenvalue weighted by atomic mass is 35.5. The molecule has 1 aromatic rings. The van der Waals surface area contributed by atoms with E-state index in [4.69, 9.17) is 33.7 Å². The first-order valence-electron chi connectivity index (χ1n) is 6.57. The second-order valence-corrected chi connectivity index (χ2v) is 5.77. The Morgan fingerprint density at radius 2 is 2.16 bits per heavy atom. The number of nitrogens with zero attached hydrogens (tertiary/aromatic N) is 1. The van der Waals surface area contributed by atoms with Crippen LogP contribution in [0.5, 0.6) is 0 Å². The molecule has 1 heterocycles. The van der Waals surface area contributed by atoms with Gasteiger partial charge >= 0.3 is 0 Å². The SMILES string of the molecule is COCCN1CCCC(N)C1c1ccc(Cl)c(Cl)c1. The second kappa shape index (κ2) is 6.91. The molecule has 1 fully saturated rings. The average molecular weight is 303 g/mol. The third-order valence-corrected chi connectivity index (χ3v) is 4.39. The van der Waals surface area contributed by atoms with Crippen LogP contribution < -0.4 is 5.73 Å². The summed E-state index contributed by atoms with van der Waals surface area (Å²) in [5.74, 6) is 0. The Kier molecular flexibility index (Phi) is 5.48. The highest BCUT2D eigenvalue weighted by molar-refractivity contribution is 6.42. The van der Waals surface area contributed by atoms with E-state index in [1.165, 1.54) is 0 Å². The van der Waals surface area contributed by atoms with Crippen molar-refractivity contribution in [3.8, 4) is 0 Å². The van der Waals surface area contributed by atoms with Crippen molar-refractivity contribution in [2.75, 3.05) is 26.8 Å². The minimum atomic E-state index is 0.128. The standard InChI is InChI=1S/C14H20Cl2N2O/c1-19-8-7-18-6-2-3-13(17)14(18)10-4-5-11(15)12(16)9-10/h4-5,9,13-14H,2-3,6-8,17H2,1H3. The Morgan fingerprint density at radius 1 is 1.37 bits per heavy atom. The van der Waals surface area contributed by atoms with Crippen molar-refractivity contribution in [1.29, 1.82) is 0 Å². The lowest BCUT2D eigenvalue weighted by Gasteiger charge is -2.40. The van der Waals surface area contributed by atoms with Gasteiger partial charge in [-0.1, -0.05) is 29.3 Å². The molecule has 2 N–H and O–H groups in total. The molecule has 0 bridgehead atoms. The van der Waals surface area contributed by atoms with Crippen LogP contribution in [0.15, 0.2) is 18.2 Å². The molecule has 0 saturated carbocycles. The van der Waals surface area contributed by atoms with Gasteiger partial charge in [0.2, 0.25) is 0 Å². The quantitative estimate of drug-likeness (QED) is 0.929. The summed E-state index contributed by atoms with van der Waals surface area (Å²) in [6, 6.07) is 6.11. The van der Waals surface area contributed by atoms with Crippen LogP contribution in [0.3, 0.4) is 0 Å². The first-order valence-corrected chi connectivity index (χ1v) is 7.32. The van der Waals surface area contributed by atoms with Crippen LogP contribution in [0, 0.1) is 0 Å². The predicted molar refractivity (Wildman–Crippen MR) is 79.9 cm³/mol. The van der Waals surface area contributed by atoms with E-state index in [9.17, 15) is 0 Å². The highest BCUT2D eigenvalue weighted by Gasteiger charge is 2.30. The lowest BCUT2D eigenvalue weighted by molar-refractivity contribution is 0.0848. The molecule has 0 aromatic heterocycles. The maximum atomic E-state index is 6.30. The van der Waals surface area contributed by atoms with E-state index < -0.39 is 0 Å². The summed E-state index contributed by atoms with van der Waals surface area (Å²) in [5.41, 5.74) is 7.44. The number of nitrogens with two attached hydrogens (primary N) is 1. The topological polar surface area (TPSA) is 38.5 Å². The van der Waals surface area contributed by atoms with Gasteiger partial charge in [0.25, 0.3) is 0 Å². The number of rotatable bonds is 4. The molecule has 5 heteroatoms. The zero-order valence-corrected chi connectivity index (χ0v) is 12.6. The summed E-state index contributed by atoms with van der Waals surface area (Å²) in [6.45, 7) is 2.64. The Hall–Kier alpha value is -0.320. The highest BCUT2D eigenvalue weighted by Crippen LogP contribution is 2.33. The summed E-state index contributed by atoms with van der Waals surface area (Å²) >= 11 is 12.1. The number of ether oxygens (including phenoxy) is 1. The molecule has 106 valence electrons. The van der Waals surface area contributed by atoms with Crippen molar-refractivity contribution in [3.63, 3.8) is 0 Å². The van der Waals surface area contributed by atoms with Gasteiger partial charge in [-0.05, 0) is 37.1 Å². The van der Waals surface area contributed by atoms with E-state index in [-0.39, 0.29) is 12.1 Å². The number of hydrogen-bond acceptors (Lipinski definition) is 3. The minimum Gasteiger partial charge on any atom is -0.383 e. The Balaban J connectivity index is 2.22. The molecule has 1 aliphatic heterocycles. The van der Waals surface area contributed by atoms with E-state index in [0.717, 1.165) is 31.5 Å². The molecule has 19 heavy (non-hydrogen) atoms. The van der Waals surface area contributed by atoms with Crippen LogP contribution in [0.25, 0.3) is 0 Å². The normalized spacial score (nSPS) is 24.6. The van der Waals surface area contributed by atoms with Crippen molar-refractivity contribution in [2.45, 2.75) is 24.9 Å². The third-order valence-electron chi connectivity index (χ3n) is 3.65. The molecule has 1 saturated heterocycles. The summed E-state index contributed by atoms with van der Waals surface area (Å²) < 4.78 is 5.18. The van der Waals surface area contributed by atoms with Crippen molar-refractivity contribution in [3.05, 3.63) is 33.8 Å². The van der Waals surface area contributed by atoms with Gasteiger partial charge in [-0.15, -0.1) is 0 Å². The fraction of sp³-hybridized carbons (Fsp3) is 0.571. The molecule has 0 aliphatic carbocycles. The second-order valence-electron chi connectivity index (χ2n) is 4.95. The van der Waals surface area contributed by atoms with Gasteiger partial charge in [-0.3, -0.25) is 4.90 Å². The minimum absolute atomic E-state index is 0.128. The Bertz CT molecular complexity index is 428. The molecule has 2 unspecified atom stereocenters. The van der Waals surface area contributed by atoms with Gasteiger partial charge in [-0.25, -0.2) is 0 Å². The van der Waals surface area contributed by atoms with Gasteiger partial charge in [0, 0.05) is 19.7 Å². The number of benzene rings is 1. The molecular formula is C14H20Cl2N2O. The number of hydrogen-bond donors (Lipinski definition) is 1. The van der Waals surface area contributed by atoms with Crippen LogP contribution in [-0.2, 0) is 4.74 Å². The van der Waals surface area contributed by atoms with Crippen LogP contribution in [0.1, 0.15) is 24.4 Å². The molecule has 1 aliphatic rings. The summed E-state index contributed by atoms with van der Waals surface area (Å²) in [6.07, 6.45) is 2.16. The number of methoxy groups -OCH3 is 1. The summed E-state index contributed by atoms with van der Waals surface area (Å²) in [5, 5.41) is 1.17. The first-order chi connectivity index (χ1) is 9.13. The zero-order valence-electron chi connectivity index (χ0n) is 11.1. The lowest BCUT2D eigenvalue weighted by Crippen LogP contribution is -2.46. The molecule has 3 nitrogen and oxygen atoms in total. The average Bonchev–Trinajstić information content (AvgIpc) is 2.40. The zero-order chi connectivity index (χ0) is 13.8.